The van der Waals surface area contributed by atoms with Crippen LogP contribution in [0.3, 0.4) is 0 Å². The van der Waals surface area contributed by atoms with Gasteiger partial charge in [0.25, 0.3) is 0 Å². The number of hydrogen-bond acceptors (Lipinski definition) is 4. The van der Waals surface area contributed by atoms with Gasteiger partial charge in [0.15, 0.2) is 11.5 Å². The predicted molar refractivity (Wildman–Crippen MR) is 72.5 cm³/mol. The molecule has 3 rings (SSSR count). The minimum absolute atomic E-state index is 0.330. The van der Waals surface area contributed by atoms with E-state index in [9.17, 15) is 0 Å². The Morgan fingerprint density at radius 1 is 1.32 bits per heavy atom. The Morgan fingerprint density at radius 2 is 2.21 bits per heavy atom. The van der Waals surface area contributed by atoms with Crippen molar-refractivity contribution in [1.82, 2.24) is 5.32 Å². The topological polar surface area (TPSA) is 39.7 Å². The van der Waals surface area contributed by atoms with Crippen LogP contribution in [0.2, 0.25) is 0 Å². The third-order valence-corrected chi connectivity index (χ3v) is 3.92. The molecule has 0 amide bonds. The smallest absolute Gasteiger partial charge is 0.231 e. The zero-order valence-corrected chi connectivity index (χ0v) is 11.4. The number of hydrogen-bond donors (Lipinski definition) is 1. The van der Waals surface area contributed by atoms with Gasteiger partial charge in [-0.05, 0) is 49.9 Å². The first-order valence-electron chi connectivity index (χ1n) is 7.03. The minimum Gasteiger partial charge on any atom is -0.454 e. The standard InChI is InChI=1S/C15H21NO3/c1-11(16-6-4-12-5-7-17-9-12)13-2-3-14-15(8-13)19-10-18-14/h2-3,8,11-12,16H,4-7,9-10H2,1H3. The molecule has 0 aliphatic carbocycles. The fourth-order valence-electron chi connectivity index (χ4n) is 2.62. The predicted octanol–water partition coefficient (Wildman–Crippen LogP) is 2.49. The van der Waals surface area contributed by atoms with E-state index in [0.717, 1.165) is 37.2 Å². The lowest BCUT2D eigenvalue weighted by molar-refractivity contribution is 0.174. The lowest BCUT2D eigenvalue weighted by Crippen LogP contribution is -2.22. The quantitative estimate of drug-likeness (QED) is 0.886. The third-order valence-electron chi connectivity index (χ3n) is 3.92. The summed E-state index contributed by atoms with van der Waals surface area (Å²) in [6.45, 7) is 5.41. The summed E-state index contributed by atoms with van der Waals surface area (Å²) in [5.41, 5.74) is 1.24. The van der Waals surface area contributed by atoms with Gasteiger partial charge in [-0.25, -0.2) is 0 Å². The van der Waals surface area contributed by atoms with Gasteiger partial charge in [-0.2, -0.15) is 0 Å². The summed E-state index contributed by atoms with van der Waals surface area (Å²) < 4.78 is 16.1. The minimum atomic E-state index is 0.330. The molecule has 19 heavy (non-hydrogen) atoms. The second-order valence-electron chi connectivity index (χ2n) is 5.31. The van der Waals surface area contributed by atoms with Gasteiger partial charge in [0.2, 0.25) is 6.79 Å². The molecule has 1 aromatic carbocycles. The molecule has 1 aromatic rings. The molecule has 0 radical (unpaired) electrons. The molecular weight excluding hydrogens is 242 g/mol. The fraction of sp³-hybridized carbons (Fsp3) is 0.600. The van der Waals surface area contributed by atoms with Crippen LogP contribution < -0.4 is 14.8 Å². The Morgan fingerprint density at radius 3 is 3.05 bits per heavy atom. The fourth-order valence-corrected chi connectivity index (χ4v) is 2.62. The van der Waals surface area contributed by atoms with Crippen molar-refractivity contribution in [3.05, 3.63) is 23.8 Å². The second kappa shape index (κ2) is 5.80. The lowest BCUT2D eigenvalue weighted by atomic mass is 10.0. The maximum Gasteiger partial charge on any atom is 0.231 e. The van der Waals surface area contributed by atoms with Crippen molar-refractivity contribution in [3.63, 3.8) is 0 Å². The molecule has 2 aliphatic rings. The molecule has 104 valence electrons. The average molecular weight is 263 g/mol. The van der Waals surface area contributed by atoms with Crippen molar-refractivity contribution in [2.45, 2.75) is 25.8 Å². The molecule has 0 spiro atoms. The lowest BCUT2D eigenvalue weighted by Gasteiger charge is -2.16. The largest absolute Gasteiger partial charge is 0.454 e. The number of ether oxygens (including phenoxy) is 3. The highest BCUT2D eigenvalue weighted by Gasteiger charge is 2.17. The van der Waals surface area contributed by atoms with Gasteiger partial charge in [0, 0.05) is 19.3 Å². The highest BCUT2D eigenvalue weighted by atomic mass is 16.7. The first-order chi connectivity index (χ1) is 9.33. The van der Waals surface area contributed by atoms with E-state index in [-0.39, 0.29) is 0 Å². The Hall–Kier alpha value is -1.26. The van der Waals surface area contributed by atoms with Crippen LogP contribution in [0.5, 0.6) is 11.5 Å². The first kappa shape index (κ1) is 12.8. The van der Waals surface area contributed by atoms with Gasteiger partial charge in [0.05, 0.1) is 0 Å². The summed E-state index contributed by atoms with van der Waals surface area (Å²) >= 11 is 0. The number of rotatable bonds is 5. The normalized spacial score (nSPS) is 22.7. The average Bonchev–Trinajstić information content (AvgIpc) is 3.08. The molecule has 2 heterocycles. The summed E-state index contributed by atoms with van der Waals surface area (Å²) in [6.07, 6.45) is 2.40. The Bertz CT molecular complexity index is 429. The third kappa shape index (κ3) is 3.01. The summed E-state index contributed by atoms with van der Waals surface area (Å²) in [5, 5.41) is 3.57. The van der Waals surface area contributed by atoms with Crippen LogP contribution in [-0.2, 0) is 4.74 Å². The van der Waals surface area contributed by atoms with Crippen LogP contribution in [0, 0.1) is 5.92 Å². The molecule has 1 N–H and O–H groups in total. The molecule has 4 nitrogen and oxygen atoms in total. The van der Waals surface area contributed by atoms with Crippen molar-refractivity contribution in [1.29, 1.82) is 0 Å². The summed E-state index contributed by atoms with van der Waals surface area (Å²) in [7, 11) is 0. The zero-order valence-electron chi connectivity index (χ0n) is 11.4. The van der Waals surface area contributed by atoms with Crippen molar-refractivity contribution >= 4 is 0 Å². The number of nitrogens with one attached hydrogen (secondary N) is 1. The Labute approximate surface area is 114 Å². The monoisotopic (exact) mass is 263 g/mol. The van der Waals surface area contributed by atoms with Crippen molar-refractivity contribution in [3.8, 4) is 11.5 Å². The molecule has 0 bridgehead atoms. The molecule has 4 heteroatoms. The number of benzene rings is 1. The van der Waals surface area contributed by atoms with Gasteiger partial charge in [0.1, 0.15) is 0 Å². The Kier molecular flexibility index (Phi) is 3.89. The van der Waals surface area contributed by atoms with E-state index in [1.54, 1.807) is 0 Å². The van der Waals surface area contributed by atoms with Crippen molar-refractivity contribution < 1.29 is 14.2 Å². The molecule has 0 saturated carbocycles. The van der Waals surface area contributed by atoms with Gasteiger partial charge >= 0.3 is 0 Å². The van der Waals surface area contributed by atoms with Crippen LogP contribution in [0.1, 0.15) is 31.4 Å². The van der Waals surface area contributed by atoms with Crippen LogP contribution in [-0.4, -0.2) is 26.6 Å². The molecule has 2 aliphatic heterocycles. The summed E-state index contributed by atoms with van der Waals surface area (Å²) in [6, 6.07) is 6.49. The van der Waals surface area contributed by atoms with E-state index in [1.165, 1.54) is 18.4 Å². The van der Waals surface area contributed by atoms with Crippen LogP contribution >= 0.6 is 0 Å². The van der Waals surface area contributed by atoms with Gasteiger partial charge in [-0.15, -0.1) is 0 Å². The van der Waals surface area contributed by atoms with E-state index in [1.807, 2.05) is 6.07 Å². The van der Waals surface area contributed by atoms with E-state index in [0.29, 0.717) is 12.8 Å². The van der Waals surface area contributed by atoms with E-state index >= 15 is 0 Å². The van der Waals surface area contributed by atoms with Gasteiger partial charge < -0.3 is 19.5 Å². The molecule has 2 unspecified atom stereocenters. The maximum absolute atomic E-state index is 5.41. The summed E-state index contributed by atoms with van der Waals surface area (Å²) in [4.78, 5) is 0. The molecule has 1 saturated heterocycles. The molecule has 1 fully saturated rings. The van der Waals surface area contributed by atoms with Crippen LogP contribution in [0.25, 0.3) is 0 Å². The van der Waals surface area contributed by atoms with Gasteiger partial charge in [-0.3, -0.25) is 0 Å². The SMILES string of the molecule is CC(NCCC1CCOC1)c1ccc2c(c1)OCO2. The second-order valence-corrected chi connectivity index (χ2v) is 5.31. The van der Waals surface area contributed by atoms with Gasteiger partial charge in [-0.1, -0.05) is 6.07 Å². The zero-order chi connectivity index (χ0) is 13.1. The van der Waals surface area contributed by atoms with Crippen molar-refractivity contribution in [2.75, 3.05) is 26.6 Å². The highest BCUT2D eigenvalue weighted by Crippen LogP contribution is 2.34. The van der Waals surface area contributed by atoms with Crippen molar-refractivity contribution in [2.24, 2.45) is 5.92 Å². The van der Waals surface area contributed by atoms with Crippen LogP contribution in [0.15, 0.2) is 18.2 Å². The van der Waals surface area contributed by atoms with E-state index in [4.69, 9.17) is 14.2 Å². The molecular formula is C15H21NO3. The molecule has 2 atom stereocenters. The van der Waals surface area contributed by atoms with Crippen LogP contribution in [0.4, 0.5) is 0 Å². The highest BCUT2D eigenvalue weighted by molar-refractivity contribution is 5.45. The number of fused-ring (bicyclic) bond motifs is 1. The molecule has 0 aromatic heterocycles. The van der Waals surface area contributed by atoms with E-state index < -0.39 is 0 Å². The Balaban J connectivity index is 1.50. The maximum atomic E-state index is 5.41. The van der Waals surface area contributed by atoms with E-state index in [2.05, 4.69) is 24.4 Å². The first-order valence-corrected chi connectivity index (χ1v) is 7.03. The summed E-state index contributed by atoms with van der Waals surface area (Å²) in [5.74, 6) is 2.44.